The van der Waals surface area contributed by atoms with Gasteiger partial charge < -0.3 is 5.73 Å². The minimum atomic E-state index is 0.513. The molecule has 4 heteroatoms. The highest BCUT2D eigenvalue weighted by molar-refractivity contribution is 5.16. The van der Waals surface area contributed by atoms with Crippen molar-refractivity contribution in [2.75, 3.05) is 6.54 Å². The van der Waals surface area contributed by atoms with Crippen molar-refractivity contribution < 1.29 is 0 Å². The van der Waals surface area contributed by atoms with Crippen molar-refractivity contribution in [1.29, 1.82) is 5.26 Å². The molecule has 0 aliphatic carbocycles. The van der Waals surface area contributed by atoms with Crippen molar-refractivity contribution in [2.24, 2.45) is 5.73 Å². The van der Waals surface area contributed by atoms with E-state index in [2.05, 4.69) is 11.2 Å². The van der Waals surface area contributed by atoms with Gasteiger partial charge >= 0.3 is 0 Å². The van der Waals surface area contributed by atoms with Crippen LogP contribution in [0.25, 0.3) is 0 Å². The first-order valence-electron chi connectivity index (χ1n) is 4.88. The summed E-state index contributed by atoms with van der Waals surface area (Å²) < 4.78 is 1.88. The van der Waals surface area contributed by atoms with E-state index in [-0.39, 0.29) is 0 Å². The van der Waals surface area contributed by atoms with Gasteiger partial charge in [-0.2, -0.15) is 10.4 Å². The average Bonchev–Trinajstić information content (AvgIpc) is 2.54. The number of nitriles is 1. The fourth-order valence-electron chi connectivity index (χ4n) is 1.40. The molecule has 1 aromatic rings. The SMILES string of the molecule is Cc1c(CCCN)cnn1CCC#N. The molecule has 0 fully saturated rings. The summed E-state index contributed by atoms with van der Waals surface area (Å²) in [7, 11) is 0. The van der Waals surface area contributed by atoms with E-state index >= 15 is 0 Å². The van der Waals surface area contributed by atoms with Crippen LogP contribution in [0.5, 0.6) is 0 Å². The summed E-state index contributed by atoms with van der Waals surface area (Å²) in [6.07, 6.45) is 4.36. The molecule has 0 saturated carbocycles. The molecule has 4 nitrogen and oxygen atoms in total. The first-order chi connectivity index (χ1) is 6.79. The van der Waals surface area contributed by atoms with Crippen molar-refractivity contribution in [3.63, 3.8) is 0 Å². The molecule has 0 saturated heterocycles. The zero-order chi connectivity index (χ0) is 10.4. The Labute approximate surface area is 84.3 Å². The number of nitrogens with two attached hydrogens (primary N) is 1. The maximum atomic E-state index is 8.46. The monoisotopic (exact) mass is 192 g/mol. The molecule has 0 amide bonds. The predicted molar refractivity (Wildman–Crippen MR) is 54.6 cm³/mol. The Bertz CT molecular complexity index is 321. The van der Waals surface area contributed by atoms with Crippen LogP contribution in [0.15, 0.2) is 6.20 Å². The quantitative estimate of drug-likeness (QED) is 0.756. The summed E-state index contributed by atoms with van der Waals surface area (Å²) in [5, 5.41) is 12.7. The second-order valence-electron chi connectivity index (χ2n) is 3.28. The van der Waals surface area contributed by atoms with Crippen LogP contribution in [0.3, 0.4) is 0 Å². The Morgan fingerprint density at radius 3 is 3.07 bits per heavy atom. The summed E-state index contributed by atoms with van der Waals surface area (Å²) in [5.41, 5.74) is 7.85. The molecule has 0 bridgehead atoms. The molecule has 0 aromatic carbocycles. The van der Waals surface area contributed by atoms with E-state index in [0.717, 1.165) is 18.5 Å². The highest BCUT2D eigenvalue weighted by Crippen LogP contribution is 2.09. The fourth-order valence-corrected chi connectivity index (χ4v) is 1.40. The van der Waals surface area contributed by atoms with E-state index in [1.54, 1.807) is 0 Å². The highest BCUT2D eigenvalue weighted by atomic mass is 15.3. The number of rotatable bonds is 5. The minimum Gasteiger partial charge on any atom is -0.330 e. The Morgan fingerprint density at radius 2 is 2.43 bits per heavy atom. The third kappa shape index (κ3) is 2.57. The first kappa shape index (κ1) is 10.7. The van der Waals surface area contributed by atoms with Gasteiger partial charge in [-0.15, -0.1) is 0 Å². The number of aryl methyl sites for hydroxylation is 2. The van der Waals surface area contributed by atoms with Gasteiger partial charge in [0.2, 0.25) is 0 Å². The predicted octanol–water partition coefficient (Wildman–Crippen LogP) is 0.997. The molecular formula is C10H16N4. The molecule has 1 aromatic heterocycles. The average molecular weight is 192 g/mol. The third-order valence-electron chi connectivity index (χ3n) is 2.29. The van der Waals surface area contributed by atoms with Gasteiger partial charge in [0.15, 0.2) is 0 Å². The van der Waals surface area contributed by atoms with Gasteiger partial charge in [0.25, 0.3) is 0 Å². The van der Waals surface area contributed by atoms with Gasteiger partial charge in [-0.05, 0) is 31.9 Å². The number of nitrogens with zero attached hydrogens (tertiary/aromatic N) is 3. The van der Waals surface area contributed by atoms with Crippen molar-refractivity contribution in [1.82, 2.24) is 9.78 Å². The van der Waals surface area contributed by atoms with Gasteiger partial charge in [0, 0.05) is 5.69 Å². The molecule has 0 atom stereocenters. The van der Waals surface area contributed by atoms with Crippen molar-refractivity contribution in [3.8, 4) is 6.07 Å². The van der Waals surface area contributed by atoms with E-state index in [9.17, 15) is 0 Å². The Hall–Kier alpha value is -1.34. The molecule has 0 spiro atoms. The molecule has 1 heterocycles. The maximum absolute atomic E-state index is 8.46. The van der Waals surface area contributed by atoms with Gasteiger partial charge in [-0.1, -0.05) is 0 Å². The van der Waals surface area contributed by atoms with Crippen LogP contribution in [-0.4, -0.2) is 16.3 Å². The van der Waals surface area contributed by atoms with Gasteiger partial charge in [-0.3, -0.25) is 4.68 Å². The summed E-state index contributed by atoms with van der Waals surface area (Å²) >= 11 is 0. The highest BCUT2D eigenvalue weighted by Gasteiger charge is 2.04. The molecule has 2 N–H and O–H groups in total. The molecule has 0 aliphatic heterocycles. The fraction of sp³-hybridized carbons (Fsp3) is 0.600. The maximum Gasteiger partial charge on any atom is 0.0641 e. The lowest BCUT2D eigenvalue weighted by Crippen LogP contribution is -2.03. The Kier molecular flexibility index (Phi) is 4.14. The van der Waals surface area contributed by atoms with Crippen LogP contribution in [0.2, 0.25) is 0 Å². The van der Waals surface area contributed by atoms with E-state index in [4.69, 9.17) is 11.0 Å². The van der Waals surface area contributed by atoms with Crippen molar-refractivity contribution in [3.05, 3.63) is 17.5 Å². The van der Waals surface area contributed by atoms with Crippen LogP contribution in [0.4, 0.5) is 0 Å². The van der Waals surface area contributed by atoms with Crippen LogP contribution in [-0.2, 0) is 13.0 Å². The largest absolute Gasteiger partial charge is 0.330 e. The smallest absolute Gasteiger partial charge is 0.0641 e. The minimum absolute atomic E-state index is 0.513. The van der Waals surface area contributed by atoms with Gasteiger partial charge in [0.05, 0.1) is 25.2 Å². The summed E-state index contributed by atoms with van der Waals surface area (Å²) in [4.78, 5) is 0. The van der Waals surface area contributed by atoms with Crippen molar-refractivity contribution >= 4 is 0 Å². The number of aromatic nitrogens is 2. The Morgan fingerprint density at radius 1 is 1.64 bits per heavy atom. The van der Waals surface area contributed by atoms with E-state index in [0.29, 0.717) is 19.5 Å². The molecule has 1 rings (SSSR count). The third-order valence-corrected chi connectivity index (χ3v) is 2.29. The first-order valence-corrected chi connectivity index (χ1v) is 4.88. The van der Waals surface area contributed by atoms with E-state index < -0.39 is 0 Å². The summed E-state index contributed by atoms with van der Waals surface area (Å²) in [5.74, 6) is 0. The van der Waals surface area contributed by atoms with Crippen LogP contribution in [0.1, 0.15) is 24.1 Å². The lowest BCUT2D eigenvalue weighted by molar-refractivity contribution is 0.608. The van der Waals surface area contributed by atoms with Crippen molar-refractivity contribution in [2.45, 2.75) is 32.7 Å². The zero-order valence-corrected chi connectivity index (χ0v) is 8.53. The van der Waals surface area contributed by atoms with Gasteiger partial charge in [0.1, 0.15) is 0 Å². The lowest BCUT2D eigenvalue weighted by atomic mass is 10.1. The lowest BCUT2D eigenvalue weighted by Gasteiger charge is -2.02. The van der Waals surface area contributed by atoms with Crippen LogP contribution < -0.4 is 5.73 Å². The standard InChI is InChI=1S/C10H16N4/c1-9-10(4-2-5-11)8-13-14(9)7-3-6-12/h8H,2-5,7,11H2,1H3. The summed E-state index contributed by atoms with van der Waals surface area (Å²) in [6, 6.07) is 2.11. The summed E-state index contributed by atoms with van der Waals surface area (Å²) in [6.45, 7) is 3.43. The van der Waals surface area contributed by atoms with E-state index in [1.165, 1.54) is 5.56 Å². The second-order valence-corrected chi connectivity index (χ2v) is 3.28. The topological polar surface area (TPSA) is 67.6 Å². The molecular weight excluding hydrogens is 176 g/mol. The van der Waals surface area contributed by atoms with E-state index in [1.807, 2.05) is 17.8 Å². The number of hydrogen-bond acceptors (Lipinski definition) is 3. The van der Waals surface area contributed by atoms with Crippen LogP contribution >= 0.6 is 0 Å². The van der Waals surface area contributed by atoms with Crippen LogP contribution in [0, 0.1) is 18.3 Å². The molecule has 0 aliphatic rings. The zero-order valence-electron chi connectivity index (χ0n) is 8.53. The molecule has 0 unspecified atom stereocenters. The Balaban J connectivity index is 2.61. The molecule has 0 radical (unpaired) electrons. The molecule has 14 heavy (non-hydrogen) atoms. The normalized spacial score (nSPS) is 10.1. The molecule has 76 valence electrons. The van der Waals surface area contributed by atoms with Gasteiger partial charge in [-0.25, -0.2) is 0 Å². The second kappa shape index (κ2) is 5.40. The number of hydrogen-bond donors (Lipinski definition) is 1.